The van der Waals surface area contributed by atoms with Crippen LogP contribution in [0.25, 0.3) is 0 Å². The van der Waals surface area contributed by atoms with E-state index in [9.17, 15) is 9.18 Å². The van der Waals surface area contributed by atoms with Gasteiger partial charge in [-0.3, -0.25) is 9.78 Å². The van der Waals surface area contributed by atoms with E-state index in [1.165, 1.54) is 0 Å². The van der Waals surface area contributed by atoms with E-state index in [2.05, 4.69) is 18.8 Å². The molecule has 0 bridgehead atoms. The second kappa shape index (κ2) is 4.58. The third kappa shape index (κ3) is 2.36. The molecule has 0 saturated carbocycles. The van der Waals surface area contributed by atoms with Crippen LogP contribution in [0.2, 0.25) is 0 Å². The number of hydrogen-bond acceptors (Lipinski definition) is 2. The number of alkyl halides is 1. The van der Waals surface area contributed by atoms with Gasteiger partial charge in [-0.05, 0) is 19.4 Å². The summed E-state index contributed by atoms with van der Waals surface area (Å²) in [4.78, 5) is 17.1. The molecule has 0 saturated heterocycles. The Balaban J connectivity index is 2.47. The Morgan fingerprint density at radius 1 is 1.58 bits per heavy atom. The Hall–Kier alpha value is -1.45. The van der Waals surface area contributed by atoms with Gasteiger partial charge in [0.2, 0.25) is 6.41 Å². The minimum Gasteiger partial charge on any atom is -0.314 e. The van der Waals surface area contributed by atoms with E-state index in [1.54, 1.807) is 24.1 Å². The zero-order valence-electron chi connectivity index (χ0n) is 12.0. The first-order valence-electron chi connectivity index (χ1n) is 6.73. The van der Waals surface area contributed by atoms with Crippen molar-refractivity contribution < 1.29 is 9.18 Å². The highest BCUT2D eigenvalue weighted by Gasteiger charge is 2.37. The average molecular weight is 264 g/mol. The van der Waals surface area contributed by atoms with E-state index in [1.807, 2.05) is 6.92 Å². The quantitative estimate of drug-likeness (QED) is 0.782. The van der Waals surface area contributed by atoms with E-state index in [4.69, 9.17) is 0 Å². The Kier molecular flexibility index (Phi) is 3.37. The van der Waals surface area contributed by atoms with E-state index >= 15 is 0 Å². The van der Waals surface area contributed by atoms with Crippen molar-refractivity contribution in [1.29, 1.82) is 0 Å². The van der Waals surface area contributed by atoms with Crippen molar-refractivity contribution in [2.24, 2.45) is 0 Å². The summed E-state index contributed by atoms with van der Waals surface area (Å²) < 4.78 is 14.5. The van der Waals surface area contributed by atoms with Crippen LogP contribution < -0.4 is 4.90 Å². The molecule has 0 N–H and O–H groups in total. The highest BCUT2D eigenvalue weighted by Crippen LogP contribution is 2.41. The fourth-order valence-corrected chi connectivity index (χ4v) is 2.78. The van der Waals surface area contributed by atoms with Gasteiger partial charge in [0.1, 0.15) is 5.67 Å². The first-order chi connectivity index (χ1) is 8.81. The molecule has 1 aliphatic heterocycles. The molecule has 19 heavy (non-hydrogen) atoms. The van der Waals surface area contributed by atoms with Crippen LogP contribution in [-0.2, 0) is 15.9 Å². The van der Waals surface area contributed by atoms with Crippen LogP contribution in [0.15, 0.2) is 12.3 Å². The van der Waals surface area contributed by atoms with Gasteiger partial charge in [0, 0.05) is 23.7 Å². The second-order valence-corrected chi connectivity index (χ2v) is 6.15. The molecule has 0 spiro atoms. The topological polar surface area (TPSA) is 33.2 Å². The molecule has 0 radical (unpaired) electrons. The normalized spacial score (nSPS) is 19.9. The van der Waals surface area contributed by atoms with Crippen molar-refractivity contribution in [2.45, 2.75) is 51.6 Å². The number of hydrogen-bond donors (Lipinski definition) is 0. The van der Waals surface area contributed by atoms with Crippen LogP contribution in [0, 0.1) is 0 Å². The molecule has 0 aliphatic carbocycles. The van der Waals surface area contributed by atoms with Crippen molar-refractivity contribution in [1.82, 2.24) is 4.98 Å². The number of amides is 1. The van der Waals surface area contributed by atoms with Crippen molar-refractivity contribution >= 4 is 12.1 Å². The molecule has 1 aromatic heterocycles. The molecule has 1 amide bonds. The number of nitrogens with zero attached hydrogens (tertiary/aromatic N) is 2. The lowest BCUT2D eigenvalue weighted by Crippen LogP contribution is -2.27. The standard InChI is InChI=1S/C15H21FN2O/c1-5-6-15(4,16)13-7-12-11(8-17-13)14(2,3)9-18(12)10-19/h7-8,10H,5-6,9H2,1-4H3. The summed E-state index contributed by atoms with van der Waals surface area (Å²) in [6.45, 7) is 8.26. The highest BCUT2D eigenvalue weighted by atomic mass is 19.1. The van der Waals surface area contributed by atoms with E-state index in [0.717, 1.165) is 24.1 Å². The van der Waals surface area contributed by atoms with Crippen LogP contribution in [0.4, 0.5) is 10.1 Å². The van der Waals surface area contributed by atoms with E-state index < -0.39 is 5.67 Å². The van der Waals surface area contributed by atoms with Crippen LogP contribution in [0.1, 0.15) is 51.8 Å². The van der Waals surface area contributed by atoms with Crippen LogP contribution in [0.5, 0.6) is 0 Å². The van der Waals surface area contributed by atoms with Gasteiger partial charge in [-0.15, -0.1) is 0 Å². The molecule has 1 unspecified atom stereocenters. The van der Waals surface area contributed by atoms with Gasteiger partial charge in [0.25, 0.3) is 0 Å². The molecular weight excluding hydrogens is 243 g/mol. The van der Waals surface area contributed by atoms with E-state index in [0.29, 0.717) is 18.7 Å². The summed E-state index contributed by atoms with van der Waals surface area (Å²) in [7, 11) is 0. The SMILES string of the molecule is CCCC(C)(F)c1cc2c(cn1)C(C)(C)CN2C=O. The van der Waals surface area contributed by atoms with Gasteiger partial charge < -0.3 is 4.90 Å². The predicted octanol–water partition coefficient (Wildman–Crippen LogP) is 3.32. The summed E-state index contributed by atoms with van der Waals surface area (Å²) in [5, 5.41) is 0. The van der Waals surface area contributed by atoms with Gasteiger partial charge in [0.05, 0.1) is 11.4 Å². The van der Waals surface area contributed by atoms with Crippen molar-refractivity contribution in [2.75, 3.05) is 11.4 Å². The maximum absolute atomic E-state index is 14.5. The number of carbonyl (C=O) groups is 1. The minimum atomic E-state index is -1.44. The van der Waals surface area contributed by atoms with E-state index in [-0.39, 0.29) is 5.41 Å². The van der Waals surface area contributed by atoms with Gasteiger partial charge in [0.15, 0.2) is 0 Å². The number of pyridine rings is 1. The molecule has 0 aromatic carbocycles. The molecule has 0 fully saturated rings. The Morgan fingerprint density at radius 2 is 2.26 bits per heavy atom. The number of anilines is 1. The third-order valence-electron chi connectivity index (χ3n) is 3.87. The van der Waals surface area contributed by atoms with Gasteiger partial charge >= 0.3 is 0 Å². The first-order valence-corrected chi connectivity index (χ1v) is 6.73. The summed E-state index contributed by atoms with van der Waals surface area (Å²) in [5.41, 5.74) is 0.655. The molecule has 1 atom stereocenters. The van der Waals surface area contributed by atoms with Crippen LogP contribution in [-0.4, -0.2) is 17.9 Å². The Bertz CT molecular complexity index is 497. The maximum atomic E-state index is 14.5. The summed E-state index contributed by atoms with van der Waals surface area (Å²) in [6.07, 6.45) is 3.73. The Labute approximate surface area is 113 Å². The molecular formula is C15H21FN2O. The van der Waals surface area contributed by atoms with Crippen molar-refractivity contribution in [3.63, 3.8) is 0 Å². The van der Waals surface area contributed by atoms with Gasteiger partial charge in [-0.2, -0.15) is 0 Å². The highest BCUT2D eigenvalue weighted by molar-refractivity contribution is 5.81. The van der Waals surface area contributed by atoms with Crippen LogP contribution >= 0.6 is 0 Å². The largest absolute Gasteiger partial charge is 0.314 e. The number of rotatable bonds is 4. The molecule has 1 aliphatic rings. The lowest BCUT2D eigenvalue weighted by molar-refractivity contribution is -0.107. The monoisotopic (exact) mass is 264 g/mol. The fraction of sp³-hybridized carbons (Fsp3) is 0.600. The van der Waals surface area contributed by atoms with Crippen LogP contribution in [0.3, 0.4) is 0 Å². The molecule has 4 heteroatoms. The number of halogens is 1. The fourth-order valence-electron chi connectivity index (χ4n) is 2.78. The summed E-state index contributed by atoms with van der Waals surface area (Å²) in [6, 6.07) is 1.73. The van der Waals surface area contributed by atoms with Crippen molar-refractivity contribution in [3.8, 4) is 0 Å². The lowest BCUT2D eigenvalue weighted by atomic mass is 9.87. The number of aromatic nitrogens is 1. The smallest absolute Gasteiger partial charge is 0.214 e. The summed E-state index contributed by atoms with van der Waals surface area (Å²) in [5.74, 6) is 0. The summed E-state index contributed by atoms with van der Waals surface area (Å²) >= 11 is 0. The zero-order valence-corrected chi connectivity index (χ0v) is 12.0. The zero-order chi connectivity index (χ0) is 14.3. The Morgan fingerprint density at radius 3 is 2.84 bits per heavy atom. The molecule has 1 aromatic rings. The van der Waals surface area contributed by atoms with Crippen molar-refractivity contribution in [3.05, 3.63) is 23.5 Å². The van der Waals surface area contributed by atoms with Gasteiger partial charge in [-0.25, -0.2) is 4.39 Å². The second-order valence-electron chi connectivity index (χ2n) is 6.15. The molecule has 2 heterocycles. The number of fused-ring (bicyclic) bond motifs is 1. The van der Waals surface area contributed by atoms with Gasteiger partial charge in [-0.1, -0.05) is 27.2 Å². The third-order valence-corrected chi connectivity index (χ3v) is 3.87. The first kappa shape index (κ1) is 14.0. The number of carbonyl (C=O) groups excluding carboxylic acids is 1. The maximum Gasteiger partial charge on any atom is 0.214 e. The average Bonchev–Trinajstić information content (AvgIpc) is 2.60. The lowest BCUT2D eigenvalue weighted by Gasteiger charge is -2.21. The minimum absolute atomic E-state index is 0.126. The molecule has 3 nitrogen and oxygen atoms in total. The molecule has 104 valence electrons. The molecule has 2 rings (SSSR count). The predicted molar refractivity (Wildman–Crippen MR) is 74.0 cm³/mol.